The van der Waals surface area contributed by atoms with Crippen molar-refractivity contribution in [3.8, 4) is 0 Å². The fourth-order valence-electron chi connectivity index (χ4n) is 5.49. The van der Waals surface area contributed by atoms with Crippen LogP contribution in [0.1, 0.15) is 54.5 Å². The highest BCUT2D eigenvalue weighted by atomic mass is 16.2. The van der Waals surface area contributed by atoms with Crippen LogP contribution in [-0.2, 0) is 4.79 Å². The predicted octanol–water partition coefficient (Wildman–Crippen LogP) is 3.45. The minimum absolute atomic E-state index is 0.00615. The number of carbonyl (C=O) groups excluding carboxylic acids is 1. The van der Waals surface area contributed by atoms with Crippen molar-refractivity contribution in [3.05, 3.63) is 71.3 Å². The number of aryl methyl sites for hydroxylation is 1. The number of nitrogens with zero attached hydrogens (tertiary/aromatic N) is 1. The van der Waals surface area contributed by atoms with Crippen molar-refractivity contribution in [3.63, 3.8) is 0 Å². The number of benzene rings is 2. The van der Waals surface area contributed by atoms with Gasteiger partial charge in [0.15, 0.2) is 0 Å². The van der Waals surface area contributed by atoms with Crippen LogP contribution in [0.25, 0.3) is 0 Å². The minimum Gasteiger partial charge on any atom is -0.342 e. The van der Waals surface area contributed by atoms with Gasteiger partial charge in [-0.15, -0.1) is 0 Å². The molecule has 1 amide bonds. The smallest absolute Gasteiger partial charge is 0.226 e. The average Bonchev–Trinajstić information content (AvgIpc) is 3.24. The van der Waals surface area contributed by atoms with Crippen LogP contribution in [0.5, 0.6) is 0 Å². The summed E-state index contributed by atoms with van der Waals surface area (Å²) in [5.41, 5.74) is 10.7. The molecule has 0 spiro atoms. The Bertz CT molecular complexity index is 862. The molecule has 5 rings (SSSR count). The Hall–Kier alpha value is -2.21. The number of hydrazine groups is 1. The summed E-state index contributed by atoms with van der Waals surface area (Å²) in [4.78, 5) is 15.9. The molecule has 0 radical (unpaired) electrons. The lowest BCUT2D eigenvalue weighted by Crippen LogP contribution is -2.55. The van der Waals surface area contributed by atoms with Crippen molar-refractivity contribution in [2.45, 2.75) is 50.9 Å². The van der Waals surface area contributed by atoms with Gasteiger partial charge < -0.3 is 4.90 Å². The van der Waals surface area contributed by atoms with E-state index >= 15 is 0 Å². The molecule has 0 bridgehead atoms. The van der Waals surface area contributed by atoms with Gasteiger partial charge in [-0.3, -0.25) is 10.1 Å². The van der Waals surface area contributed by atoms with E-state index in [1.807, 2.05) is 6.07 Å². The molecule has 2 aromatic rings. The highest BCUT2D eigenvalue weighted by molar-refractivity contribution is 5.80. The molecule has 0 aromatic heterocycles. The third-order valence-corrected chi connectivity index (χ3v) is 7.12. The number of carbonyl (C=O) groups is 1. The molecule has 2 aromatic carbocycles. The molecule has 5 atom stereocenters. The van der Waals surface area contributed by atoms with Crippen molar-refractivity contribution in [1.29, 1.82) is 0 Å². The molecule has 0 aliphatic carbocycles. The van der Waals surface area contributed by atoms with E-state index in [2.05, 4.69) is 76.5 Å². The van der Waals surface area contributed by atoms with E-state index < -0.39 is 0 Å². The Morgan fingerprint density at radius 3 is 2.37 bits per heavy atom. The molecule has 5 nitrogen and oxygen atoms in total. The van der Waals surface area contributed by atoms with Gasteiger partial charge in [-0.25, -0.2) is 10.9 Å². The predicted molar refractivity (Wildman–Crippen MR) is 118 cm³/mol. The van der Waals surface area contributed by atoms with Gasteiger partial charge in [0.2, 0.25) is 5.91 Å². The van der Waals surface area contributed by atoms with Gasteiger partial charge >= 0.3 is 0 Å². The molecule has 158 valence electrons. The number of fused-ring (bicyclic) bond motifs is 1. The van der Waals surface area contributed by atoms with Crippen LogP contribution in [0.15, 0.2) is 54.6 Å². The first-order valence-electron chi connectivity index (χ1n) is 11.4. The molecule has 3 saturated heterocycles. The van der Waals surface area contributed by atoms with Crippen molar-refractivity contribution < 1.29 is 4.79 Å². The van der Waals surface area contributed by atoms with Crippen molar-refractivity contribution in [1.82, 2.24) is 21.1 Å². The summed E-state index contributed by atoms with van der Waals surface area (Å²) >= 11 is 0. The molecule has 3 fully saturated rings. The number of nitrogens with one attached hydrogen (secondary N) is 3. The van der Waals surface area contributed by atoms with Gasteiger partial charge in [-0.2, -0.15) is 0 Å². The SMILES string of the molecule is Cc1ccc(C2CC(C(=O)N3CCCCC3)C3C(NNC3c3ccccc3)N2)cc1. The topological polar surface area (TPSA) is 56.4 Å². The zero-order valence-corrected chi connectivity index (χ0v) is 17.7. The molecule has 0 saturated carbocycles. The van der Waals surface area contributed by atoms with E-state index in [-0.39, 0.29) is 30.1 Å². The van der Waals surface area contributed by atoms with Crippen molar-refractivity contribution >= 4 is 5.91 Å². The van der Waals surface area contributed by atoms with Crippen LogP contribution in [-0.4, -0.2) is 30.1 Å². The third-order valence-electron chi connectivity index (χ3n) is 7.12. The maximum absolute atomic E-state index is 13.7. The lowest BCUT2D eigenvalue weighted by atomic mass is 9.74. The Balaban J connectivity index is 1.46. The molecule has 5 unspecified atom stereocenters. The number of likely N-dealkylation sites (tertiary alicyclic amines) is 1. The maximum Gasteiger partial charge on any atom is 0.226 e. The lowest BCUT2D eigenvalue weighted by Gasteiger charge is -2.42. The van der Waals surface area contributed by atoms with Gasteiger partial charge in [0, 0.05) is 31.0 Å². The summed E-state index contributed by atoms with van der Waals surface area (Å²) in [6, 6.07) is 19.6. The highest BCUT2D eigenvalue weighted by Gasteiger charge is 2.50. The third kappa shape index (κ3) is 3.78. The second kappa shape index (κ2) is 8.50. The highest BCUT2D eigenvalue weighted by Crippen LogP contribution is 2.43. The molecule has 5 heteroatoms. The molecule has 3 heterocycles. The zero-order valence-electron chi connectivity index (χ0n) is 17.7. The fourth-order valence-corrected chi connectivity index (χ4v) is 5.49. The Kier molecular flexibility index (Phi) is 5.59. The summed E-state index contributed by atoms with van der Waals surface area (Å²) in [7, 11) is 0. The fraction of sp³-hybridized carbons (Fsp3) is 0.480. The summed E-state index contributed by atoms with van der Waals surface area (Å²) in [5, 5.41) is 3.79. The van der Waals surface area contributed by atoms with E-state index in [1.165, 1.54) is 23.1 Å². The van der Waals surface area contributed by atoms with Crippen molar-refractivity contribution in [2.24, 2.45) is 11.8 Å². The molecular weight excluding hydrogens is 372 g/mol. The standard InChI is InChI=1S/C25H32N4O/c1-17-10-12-18(13-11-17)21-16-20(25(30)29-14-6-3-7-15-29)22-23(27-28-24(22)26-21)19-8-4-2-5-9-19/h2,4-5,8-13,20-24,26-28H,3,6-7,14-16H2,1H3. The first-order valence-corrected chi connectivity index (χ1v) is 11.4. The second-order valence-corrected chi connectivity index (χ2v) is 9.09. The lowest BCUT2D eigenvalue weighted by molar-refractivity contribution is -0.140. The molecular formula is C25H32N4O. The van der Waals surface area contributed by atoms with Crippen LogP contribution in [0.2, 0.25) is 0 Å². The number of hydrogen-bond donors (Lipinski definition) is 3. The van der Waals surface area contributed by atoms with Gasteiger partial charge in [0.05, 0.1) is 12.2 Å². The molecule has 3 N–H and O–H groups in total. The quantitative estimate of drug-likeness (QED) is 0.733. The second-order valence-electron chi connectivity index (χ2n) is 9.09. The van der Waals surface area contributed by atoms with Crippen LogP contribution >= 0.6 is 0 Å². The summed E-state index contributed by atoms with van der Waals surface area (Å²) in [6.07, 6.45) is 4.40. The first-order chi connectivity index (χ1) is 14.7. The summed E-state index contributed by atoms with van der Waals surface area (Å²) in [5.74, 6) is 0.520. The van der Waals surface area contributed by atoms with E-state index in [1.54, 1.807) is 0 Å². The summed E-state index contributed by atoms with van der Waals surface area (Å²) in [6.45, 7) is 3.93. The first kappa shape index (κ1) is 19.7. The molecule has 3 aliphatic heterocycles. The molecule has 30 heavy (non-hydrogen) atoms. The zero-order chi connectivity index (χ0) is 20.5. The van der Waals surface area contributed by atoms with Crippen LogP contribution in [0.4, 0.5) is 0 Å². The van der Waals surface area contributed by atoms with Crippen LogP contribution in [0, 0.1) is 18.8 Å². The maximum atomic E-state index is 13.7. The number of rotatable bonds is 3. The van der Waals surface area contributed by atoms with Gasteiger partial charge in [0.1, 0.15) is 0 Å². The van der Waals surface area contributed by atoms with E-state index in [4.69, 9.17) is 0 Å². The Labute approximate surface area is 179 Å². The van der Waals surface area contributed by atoms with E-state index in [0.29, 0.717) is 5.91 Å². The Morgan fingerprint density at radius 1 is 0.900 bits per heavy atom. The van der Waals surface area contributed by atoms with Gasteiger partial charge in [-0.1, -0.05) is 60.2 Å². The van der Waals surface area contributed by atoms with Gasteiger partial charge in [-0.05, 0) is 43.7 Å². The summed E-state index contributed by atoms with van der Waals surface area (Å²) < 4.78 is 0. The van der Waals surface area contributed by atoms with Crippen LogP contribution < -0.4 is 16.2 Å². The Morgan fingerprint density at radius 2 is 1.63 bits per heavy atom. The average molecular weight is 405 g/mol. The number of piperidine rings is 2. The normalized spacial score (nSPS) is 31.4. The largest absolute Gasteiger partial charge is 0.342 e. The van der Waals surface area contributed by atoms with E-state index in [0.717, 1.165) is 32.4 Å². The van der Waals surface area contributed by atoms with Gasteiger partial charge in [0.25, 0.3) is 0 Å². The number of hydrogen-bond acceptors (Lipinski definition) is 4. The van der Waals surface area contributed by atoms with E-state index in [9.17, 15) is 4.79 Å². The minimum atomic E-state index is -0.00615. The van der Waals surface area contributed by atoms with Crippen LogP contribution in [0.3, 0.4) is 0 Å². The monoisotopic (exact) mass is 404 g/mol. The van der Waals surface area contributed by atoms with Crippen molar-refractivity contribution in [2.75, 3.05) is 13.1 Å². The number of amides is 1. The molecule has 3 aliphatic rings.